The zero-order valence-corrected chi connectivity index (χ0v) is 5.87. The number of nitrogens with zero attached hydrogens (tertiary/aromatic N) is 1. The second-order valence-corrected chi connectivity index (χ2v) is 2.86. The van der Waals surface area contributed by atoms with Crippen LogP contribution in [0.1, 0.15) is 13.3 Å². The van der Waals surface area contributed by atoms with E-state index in [0.717, 1.165) is 5.75 Å². The Balaban J connectivity index is 2.16. The second-order valence-electron chi connectivity index (χ2n) is 1.77. The van der Waals surface area contributed by atoms with Gasteiger partial charge in [-0.05, 0) is 6.42 Å². The second kappa shape index (κ2) is 3.10. The zero-order chi connectivity index (χ0) is 5.82. The van der Waals surface area contributed by atoms with Crippen LogP contribution in [0.4, 0.5) is 0 Å². The minimum atomic E-state index is 1.09. The predicted octanol–water partition coefficient (Wildman–Crippen LogP) is -0.0711. The summed E-state index contributed by atoms with van der Waals surface area (Å²) >= 11 is 1.86. The molecule has 0 aromatic rings. The van der Waals surface area contributed by atoms with Crippen molar-refractivity contribution in [1.82, 2.24) is 0 Å². The lowest BCUT2D eigenvalue weighted by Gasteiger charge is -1.99. The van der Waals surface area contributed by atoms with Crippen LogP contribution in [0.3, 0.4) is 0 Å². The van der Waals surface area contributed by atoms with Gasteiger partial charge in [0.2, 0.25) is 0 Å². The van der Waals surface area contributed by atoms with Crippen molar-refractivity contribution < 1.29 is 4.41 Å². The highest BCUT2D eigenvalue weighted by Gasteiger charge is 2.10. The van der Waals surface area contributed by atoms with E-state index >= 15 is 0 Å². The molecule has 0 saturated carbocycles. The van der Waals surface area contributed by atoms with Gasteiger partial charge in [-0.15, -0.1) is 4.41 Å². The monoisotopic (exact) mass is 131 g/mol. The van der Waals surface area contributed by atoms with E-state index in [0.29, 0.717) is 0 Å². The molecule has 1 N–H and O–H groups in total. The molecule has 3 heteroatoms. The molecule has 8 heavy (non-hydrogen) atoms. The lowest BCUT2D eigenvalue weighted by Crippen LogP contribution is -2.99. The van der Waals surface area contributed by atoms with Crippen molar-refractivity contribution in [2.24, 2.45) is 5.10 Å². The number of hydrogen-bond acceptors (Lipinski definition) is 2. The van der Waals surface area contributed by atoms with Crippen LogP contribution in [0, 0.1) is 0 Å². The Bertz CT molecular complexity index is 92.4. The molecule has 1 aliphatic rings. The summed E-state index contributed by atoms with van der Waals surface area (Å²) in [7, 11) is 0. The molecule has 0 aliphatic carbocycles. The molecule has 0 spiro atoms. The van der Waals surface area contributed by atoms with Crippen molar-refractivity contribution in [2.45, 2.75) is 13.3 Å². The van der Waals surface area contributed by atoms with E-state index in [1.54, 1.807) is 0 Å². The molecule has 0 bridgehead atoms. The highest BCUT2D eigenvalue weighted by Crippen LogP contribution is 1.88. The fraction of sp³-hybridized carbons (Fsp3) is 0.800. The molecule has 1 aliphatic heterocycles. The maximum absolute atomic E-state index is 4.18. The van der Waals surface area contributed by atoms with Gasteiger partial charge in [0.1, 0.15) is 18.5 Å². The summed E-state index contributed by atoms with van der Waals surface area (Å²) in [5.74, 6) is 1.09. The van der Waals surface area contributed by atoms with Crippen LogP contribution >= 0.6 is 11.9 Å². The average Bonchev–Trinajstić information content (AvgIpc) is 2.19. The summed E-state index contributed by atoms with van der Waals surface area (Å²) in [4.78, 5) is 0. The number of nitrogens with one attached hydrogen (secondary N) is 1. The van der Waals surface area contributed by atoms with E-state index in [9.17, 15) is 0 Å². The van der Waals surface area contributed by atoms with Crippen molar-refractivity contribution >= 4 is 18.2 Å². The lowest BCUT2D eigenvalue weighted by atomic mass is 10.5. The Labute approximate surface area is 54.1 Å². The van der Waals surface area contributed by atoms with Crippen LogP contribution in [0.5, 0.6) is 0 Å². The molecule has 46 valence electrons. The van der Waals surface area contributed by atoms with E-state index in [1.807, 2.05) is 18.2 Å². The molecule has 1 heterocycles. The standard InChI is InChI=1S/C5H10N2S/c1-2-4-7-6-3-5-8-7/h3H,2,4-5H2,1H3/p+1. The fourth-order valence-corrected chi connectivity index (χ4v) is 1.50. The van der Waals surface area contributed by atoms with E-state index in [-0.39, 0.29) is 0 Å². The smallest absolute Gasteiger partial charge is 0.113 e. The summed E-state index contributed by atoms with van der Waals surface area (Å²) in [5.41, 5.74) is 0. The molecular formula is C5H11N2S+. The maximum Gasteiger partial charge on any atom is 0.113 e. The van der Waals surface area contributed by atoms with E-state index < -0.39 is 0 Å². The van der Waals surface area contributed by atoms with Gasteiger partial charge in [-0.3, -0.25) is 0 Å². The molecule has 0 amide bonds. The highest BCUT2D eigenvalue weighted by molar-refractivity contribution is 7.93. The average molecular weight is 131 g/mol. The topological polar surface area (TPSA) is 16.8 Å². The molecule has 0 aromatic heterocycles. The molecule has 0 aromatic carbocycles. The van der Waals surface area contributed by atoms with E-state index in [1.165, 1.54) is 17.4 Å². The van der Waals surface area contributed by atoms with Gasteiger partial charge in [-0.25, -0.2) is 0 Å². The molecular weight excluding hydrogens is 120 g/mol. The normalized spacial score (nSPS) is 26.9. The van der Waals surface area contributed by atoms with Gasteiger partial charge in [0, 0.05) is 0 Å². The molecule has 2 nitrogen and oxygen atoms in total. The summed E-state index contributed by atoms with van der Waals surface area (Å²) in [6, 6.07) is 0. The zero-order valence-electron chi connectivity index (χ0n) is 5.05. The Morgan fingerprint density at radius 3 is 3.25 bits per heavy atom. The van der Waals surface area contributed by atoms with Gasteiger partial charge in [-0.2, -0.15) is 0 Å². The van der Waals surface area contributed by atoms with Gasteiger partial charge in [0.25, 0.3) is 0 Å². The summed E-state index contributed by atoms with van der Waals surface area (Å²) in [6.45, 7) is 3.35. The van der Waals surface area contributed by atoms with E-state index in [4.69, 9.17) is 0 Å². The van der Waals surface area contributed by atoms with Crippen LogP contribution in [-0.4, -0.2) is 18.5 Å². The third-order valence-corrected chi connectivity index (χ3v) is 1.98. The highest BCUT2D eigenvalue weighted by atomic mass is 32.2. The third kappa shape index (κ3) is 1.49. The first-order chi connectivity index (χ1) is 3.93. The molecule has 0 fully saturated rings. The Kier molecular flexibility index (Phi) is 2.36. The summed E-state index contributed by atoms with van der Waals surface area (Å²) in [5, 5.41) is 4.18. The van der Waals surface area contributed by atoms with Gasteiger partial charge >= 0.3 is 0 Å². The Morgan fingerprint density at radius 2 is 2.75 bits per heavy atom. The first-order valence-electron chi connectivity index (χ1n) is 2.94. The summed E-state index contributed by atoms with van der Waals surface area (Å²) in [6.07, 6.45) is 3.20. The van der Waals surface area contributed by atoms with Crippen molar-refractivity contribution in [3.63, 3.8) is 0 Å². The van der Waals surface area contributed by atoms with Crippen LogP contribution in [0.15, 0.2) is 5.10 Å². The minimum absolute atomic E-state index is 1.09. The molecule has 1 unspecified atom stereocenters. The van der Waals surface area contributed by atoms with Crippen molar-refractivity contribution in [1.29, 1.82) is 0 Å². The molecule has 1 rings (SSSR count). The van der Waals surface area contributed by atoms with Crippen molar-refractivity contribution in [3.8, 4) is 0 Å². The Hall–Kier alpha value is -0.0200. The summed E-state index contributed by atoms with van der Waals surface area (Å²) < 4.78 is 1.31. The molecule has 1 atom stereocenters. The van der Waals surface area contributed by atoms with E-state index in [2.05, 4.69) is 12.0 Å². The quantitative estimate of drug-likeness (QED) is 0.519. The largest absolute Gasteiger partial charge is 0.149 e. The van der Waals surface area contributed by atoms with Crippen LogP contribution < -0.4 is 4.41 Å². The van der Waals surface area contributed by atoms with Crippen LogP contribution in [0.25, 0.3) is 0 Å². The first kappa shape index (κ1) is 6.11. The number of rotatable bonds is 2. The van der Waals surface area contributed by atoms with Crippen LogP contribution in [0.2, 0.25) is 0 Å². The van der Waals surface area contributed by atoms with Crippen molar-refractivity contribution in [2.75, 3.05) is 12.3 Å². The third-order valence-electron chi connectivity index (χ3n) is 1.02. The number of hydrogen-bond donors (Lipinski definition) is 1. The minimum Gasteiger partial charge on any atom is -0.149 e. The SMILES string of the molecule is CCC[NH+]1N=CCS1. The van der Waals surface area contributed by atoms with Gasteiger partial charge < -0.3 is 0 Å². The first-order valence-corrected chi connectivity index (χ1v) is 3.93. The maximum atomic E-state index is 4.18. The molecule has 0 saturated heterocycles. The van der Waals surface area contributed by atoms with Gasteiger partial charge in [0.05, 0.1) is 12.0 Å². The van der Waals surface area contributed by atoms with Gasteiger partial charge in [0.15, 0.2) is 0 Å². The van der Waals surface area contributed by atoms with Gasteiger partial charge in [-0.1, -0.05) is 12.0 Å². The van der Waals surface area contributed by atoms with Crippen LogP contribution in [-0.2, 0) is 0 Å². The molecule has 0 radical (unpaired) electrons. The Morgan fingerprint density at radius 1 is 1.88 bits per heavy atom. The fourth-order valence-electron chi connectivity index (χ4n) is 0.660. The predicted molar refractivity (Wildman–Crippen MR) is 37.1 cm³/mol. The lowest BCUT2D eigenvalue weighted by molar-refractivity contribution is -0.759. The number of quaternary nitrogens is 1. The van der Waals surface area contributed by atoms with Crippen molar-refractivity contribution in [3.05, 3.63) is 0 Å².